The summed E-state index contributed by atoms with van der Waals surface area (Å²) in [5.41, 5.74) is 0. The van der Waals surface area contributed by atoms with Crippen LogP contribution in [0.1, 0.15) is 13.8 Å². The van der Waals surface area contributed by atoms with E-state index in [0.717, 1.165) is 0 Å². The summed E-state index contributed by atoms with van der Waals surface area (Å²) in [6.45, 7) is 3.10. The molecule has 7 heteroatoms. The van der Waals surface area contributed by atoms with Crippen molar-refractivity contribution in [3.8, 4) is 0 Å². The Bertz CT molecular complexity index is 205. The van der Waals surface area contributed by atoms with Crippen LogP contribution in [0, 0.1) is 0 Å². The highest BCUT2D eigenvalue weighted by molar-refractivity contribution is 5.75. The fourth-order valence-corrected chi connectivity index (χ4v) is 0.739. The summed E-state index contributed by atoms with van der Waals surface area (Å²) in [5.74, 6) is -1.94. The van der Waals surface area contributed by atoms with E-state index in [0.29, 0.717) is 6.61 Å². The van der Waals surface area contributed by atoms with Crippen molar-refractivity contribution in [3.05, 3.63) is 0 Å². The van der Waals surface area contributed by atoms with Gasteiger partial charge in [-0.1, -0.05) is 0 Å². The van der Waals surface area contributed by atoms with Crippen molar-refractivity contribution in [3.63, 3.8) is 0 Å². The summed E-state index contributed by atoms with van der Waals surface area (Å²) in [6.07, 6.45) is -9.36. The van der Waals surface area contributed by atoms with Gasteiger partial charge in [-0.15, -0.1) is 0 Å². The molecule has 0 radical (unpaired) electrons. The molecule has 0 aromatic heterocycles. The van der Waals surface area contributed by atoms with Gasteiger partial charge >= 0.3 is 12.1 Å². The van der Waals surface area contributed by atoms with Gasteiger partial charge in [0, 0.05) is 6.61 Å². The lowest BCUT2D eigenvalue weighted by molar-refractivity contribution is -0.202. The van der Waals surface area contributed by atoms with Gasteiger partial charge in [0.1, 0.15) is 6.61 Å². The van der Waals surface area contributed by atoms with Crippen LogP contribution < -0.4 is 0 Å². The fourth-order valence-electron chi connectivity index (χ4n) is 0.739. The molecule has 0 aromatic carbocycles. The second-order valence-corrected chi connectivity index (χ2v) is 2.80. The number of hydrogen-bond acceptors (Lipinski definition) is 3. The molecule has 15 heavy (non-hydrogen) atoms. The molecule has 0 spiro atoms. The summed E-state index contributed by atoms with van der Waals surface area (Å²) in [7, 11) is 0. The molecule has 0 heterocycles. The molecule has 0 rings (SSSR count). The Labute approximate surface area is 84.3 Å². The molecule has 0 fully saturated rings. The number of esters is 1. The van der Waals surface area contributed by atoms with Gasteiger partial charge in [-0.05, 0) is 13.8 Å². The third-order valence-electron chi connectivity index (χ3n) is 1.41. The third kappa shape index (κ3) is 5.56. The first kappa shape index (κ1) is 14.2. The minimum Gasteiger partial charge on any atom is -0.461 e. The molecular weight excluding hydrogens is 220 g/mol. The molecule has 2 atom stereocenters. The highest BCUT2D eigenvalue weighted by Gasteiger charge is 2.46. The van der Waals surface area contributed by atoms with E-state index in [2.05, 4.69) is 4.74 Å². The summed E-state index contributed by atoms with van der Waals surface area (Å²) in [6, 6.07) is 0. The Balaban J connectivity index is 3.94. The zero-order chi connectivity index (χ0) is 12.1. The lowest BCUT2D eigenvalue weighted by atomic mass is 10.4. The lowest BCUT2D eigenvalue weighted by Gasteiger charge is -2.14. The van der Waals surface area contributed by atoms with Crippen molar-refractivity contribution >= 4 is 5.97 Å². The Morgan fingerprint density at radius 3 is 2.33 bits per heavy atom. The number of carbonyl (C=O) groups is 1. The molecule has 0 aromatic rings. The van der Waals surface area contributed by atoms with Crippen LogP contribution in [0.15, 0.2) is 0 Å². The number of halogens is 4. The molecule has 0 saturated carbocycles. The average molecular weight is 232 g/mol. The van der Waals surface area contributed by atoms with E-state index < -0.39 is 31.0 Å². The zero-order valence-corrected chi connectivity index (χ0v) is 8.31. The highest BCUT2D eigenvalue weighted by atomic mass is 19.4. The quantitative estimate of drug-likeness (QED) is 0.536. The van der Waals surface area contributed by atoms with Gasteiger partial charge < -0.3 is 9.47 Å². The van der Waals surface area contributed by atoms with Crippen LogP contribution in [-0.4, -0.2) is 37.6 Å². The molecule has 2 unspecified atom stereocenters. The van der Waals surface area contributed by atoms with Crippen molar-refractivity contribution in [1.29, 1.82) is 0 Å². The summed E-state index contributed by atoms with van der Waals surface area (Å²) in [4.78, 5) is 10.5. The van der Waals surface area contributed by atoms with Gasteiger partial charge in [-0.3, -0.25) is 0 Å². The van der Waals surface area contributed by atoms with Crippen molar-refractivity contribution in [2.75, 3.05) is 13.2 Å². The number of carbonyl (C=O) groups excluding carboxylic acids is 1. The minimum absolute atomic E-state index is 0.330. The lowest BCUT2D eigenvalue weighted by Crippen LogP contribution is -2.35. The topological polar surface area (TPSA) is 35.5 Å². The maximum Gasteiger partial charge on any atom is 0.430 e. The van der Waals surface area contributed by atoms with Gasteiger partial charge in [0.25, 0.3) is 6.17 Å². The van der Waals surface area contributed by atoms with E-state index in [1.54, 1.807) is 6.92 Å². The molecule has 3 nitrogen and oxygen atoms in total. The number of rotatable bonds is 5. The Kier molecular flexibility index (Phi) is 5.56. The van der Waals surface area contributed by atoms with Crippen LogP contribution >= 0.6 is 0 Å². The fraction of sp³-hybridized carbons (Fsp3) is 0.875. The van der Waals surface area contributed by atoms with E-state index in [1.807, 2.05) is 0 Å². The predicted molar refractivity (Wildman–Crippen MR) is 43.0 cm³/mol. The molecule has 0 aliphatic rings. The van der Waals surface area contributed by atoms with Gasteiger partial charge in [0.2, 0.25) is 0 Å². The Hall–Kier alpha value is -0.850. The summed E-state index contributed by atoms with van der Waals surface area (Å²) < 4.78 is 56.3. The van der Waals surface area contributed by atoms with Gasteiger partial charge in [0.15, 0.2) is 0 Å². The van der Waals surface area contributed by atoms with E-state index in [-0.39, 0.29) is 0 Å². The predicted octanol–water partition coefficient (Wildman–Crippen LogP) is 1.85. The van der Waals surface area contributed by atoms with Crippen molar-refractivity contribution in [2.45, 2.75) is 32.3 Å². The maximum absolute atomic E-state index is 12.3. The molecule has 0 bridgehead atoms. The molecule has 0 aliphatic carbocycles. The molecular formula is C8H12F4O3. The first-order chi connectivity index (χ1) is 6.79. The largest absolute Gasteiger partial charge is 0.461 e. The van der Waals surface area contributed by atoms with Gasteiger partial charge in [0.05, 0.1) is 6.10 Å². The molecule has 0 saturated heterocycles. The maximum atomic E-state index is 12.3. The number of ether oxygens (including phenoxy) is 2. The average Bonchev–Trinajstić information content (AvgIpc) is 2.12. The van der Waals surface area contributed by atoms with Gasteiger partial charge in [-0.2, -0.15) is 13.2 Å². The van der Waals surface area contributed by atoms with Crippen LogP contribution in [0.4, 0.5) is 17.6 Å². The summed E-state index contributed by atoms with van der Waals surface area (Å²) in [5, 5.41) is 0. The second-order valence-electron chi connectivity index (χ2n) is 2.80. The normalized spacial score (nSPS) is 15.9. The Morgan fingerprint density at radius 2 is 1.93 bits per heavy atom. The van der Waals surface area contributed by atoms with E-state index in [1.165, 1.54) is 6.92 Å². The Morgan fingerprint density at radius 1 is 1.40 bits per heavy atom. The smallest absolute Gasteiger partial charge is 0.430 e. The first-order valence-electron chi connectivity index (χ1n) is 4.28. The molecule has 90 valence electrons. The zero-order valence-electron chi connectivity index (χ0n) is 8.31. The monoisotopic (exact) mass is 232 g/mol. The molecule has 0 aliphatic heterocycles. The van der Waals surface area contributed by atoms with Gasteiger partial charge in [-0.25, -0.2) is 9.18 Å². The summed E-state index contributed by atoms with van der Waals surface area (Å²) >= 11 is 0. The van der Waals surface area contributed by atoms with Crippen LogP contribution in [0.5, 0.6) is 0 Å². The molecule has 0 N–H and O–H groups in total. The number of alkyl halides is 4. The van der Waals surface area contributed by atoms with Crippen molar-refractivity contribution < 1.29 is 31.8 Å². The van der Waals surface area contributed by atoms with E-state index >= 15 is 0 Å². The second kappa shape index (κ2) is 5.89. The first-order valence-corrected chi connectivity index (χ1v) is 4.28. The highest BCUT2D eigenvalue weighted by Crippen LogP contribution is 2.23. The van der Waals surface area contributed by atoms with Crippen LogP contribution in [0.25, 0.3) is 0 Å². The molecule has 0 amide bonds. The number of hydrogen-bond donors (Lipinski definition) is 0. The van der Waals surface area contributed by atoms with Crippen molar-refractivity contribution in [1.82, 2.24) is 0 Å². The van der Waals surface area contributed by atoms with E-state index in [4.69, 9.17) is 4.74 Å². The third-order valence-corrected chi connectivity index (χ3v) is 1.41. The van der Waals surface area contributed by atoms with Crippen LogP contribution in [0.2, 0.25) is 0 Å². The van der Waals surface area contributed by atoms with Crippen molar-refractivity contribution in [2.24, 2.45) is 0 Å². The standard InChI is InChI=1S/C8H12F4O3/c1-3-14-5(2)4-15-7(13)6(9)8(10,11)12/h5-6H,3-4H2,1-2H3. The van der Waals surface area contributed by atoms with E-state index in [9.17, 15) is 22.4 Å². The van der Waals surface area contributed by atoms with Crippen LogP contribution in [0.3, 0.4) is 0 Å². The van der Waals surface area contributed by atoms with Crippen LogP contribution in [-0.2, 0) is 14.3 Å². The minimum atomic E-state index is -5.22. The SMILES string of the molecule is CCOC(C)COC(=O)C(F)C(F)(F)F.